The van der Waals surface area contributed by atoms with Crippen LogP contribution in [0.25, 0.3) is 0 Å². The van der Waals surface area contributed by atoms with Gasteiger partial charge in [-0.1, -0.05) is 30.3 Å². The lowest BCUT2D eigenvalue weighted by Crippen LogP contribution is -2.43. The molecular weight excluding hydrogens is 479 g/mol. The summed E-state index contributed by atoms with van der Waals surface area (Å²) in [5.41, 5.74) is -1.06. The van der Waals surface area contributed by atoms with E-state index in [2.05, 4.69) is 4.74 Å². The Kier molecular flexibility index (Phi) is 9.73. The molecule has 35 heavy (non-hydrogen) atoms. The van der Waals surface area contributed by atoms with E-state index >= 15 is 0 Å². The zero-order valence-electron chi connectivity index (χ0n) is 19.5. The number of halogens is 5. The molecule has 2 aromatic rings. The quantitative estimate of drug-likeness (QED) is 0.143. The minimum Gasteiger partial charge on any atom is -0.462 e. The van der Waals surface area contributed by atoms with E-state index in [1.165, 1.54) is 13.8 Å². The molecule has 0 aromatic heterocycles. The van der Waals surface area contributed by atoms with E-state index < -0.39 is 77.6 Å². The summed E-state index contributed by atoms with van der Waals surface area (Å²) in [6.45, 7) is 4.82. The fourth-order valence-electron chi connectivity index (χ4n) is 2.61. The zero-order valence-corrected chi connectivity index (χ0v) is 19.5. The van der Waals surface area contributed by atoms with Gasteiger partial charge in [-0.3, -0.25) is 4.79 Å². The van der Waals surface area contributed by atoms with E-state index in [4.69, 9.17) is 14.2 Å². The smallest absolute Gasteiger partial charge is 0.335 e. The Morgan fingerprint density at radius 3 is 1.91 bits per heavy atom. The molecule has 11 heteroatoms. The standard InChI is InChI=1S/C24H25F5O6/c1-13(2)33-11-24(4,12-34-22(30)14(3)32-10-15-8-6-5-7-9-15)23(31)35-21-19(28)17(26)16(25)18(27)20(21)29/h5-9,13-14H,10-12H2,1-4H3. The molecule has 2 rings (SSSR count). The minimum atomic E-state index is -2.40. The number of benzene rings is 2. The van der Waals surface area contributed by atoms with Crippen molar-refractivity contribution in [2.75, 3.05) is 13.2 Å². The van der Waals surface area contributed by atoms with Crippen molar-refractivity contribution in [3.05, 3.63) is 65.0 Å². The SMILES string of the molecule is CC(C)OCC(C)(COC(=O)C(C)OCc1ccccc1)C(=O)Oc1c(F)c(F)c(F)c(F)c1F. The molecule has 0 saturated carbocycles. The molecular formula is C24H25F5O6. The van der Waals surface area contributed by atoms with Gasteiger partial charge in [0, 0.05) is 0 Å². The van der Waals surface area contributed by atoms with Crippen LogP contribution in [-0.2, 0) is 30.4 Å². The van der Waals surface area contributed by atoms with Gasteiger partial charge in [0.05, 0.1) is 19.3 Å². The van der Waals surface area contributed by atoms with Crippen LogP contribution in [0.1, 0.15) is 33.3 Å². The second-order valence-corrected chi connectivity index (χ2v) is 8.26. The van der Waals surface area contributed by atoms with E-state index in [1.807, 2.05) is 6.07 Å². The Hall–Kier alpha value is -3.05. The van der Waals surface area contributed by atoms with Gasteiger partial charge in [-0.05, 0) is 33.3 Å². The van der Waals surface area contributed by atoms with Gasteiger partial charge in [0.15, 0.2) is 6.10 Å². The third-order valence-electron chi connectivity index (χ3n) is 4.80. The first kappa shape index (κ1) is 28.2. The molecule has 0 heterocycles. The Labute approximate surface area is 198 Å². The third kappa shape index (κ3) is 7.22. The summed E-state index contributed by atoms with van der Waals surface area (Å²) < 4.78 is 88.7. The number of hydrogen-bond acceptors (Lipinski definition) is 6. The first-order valence-electron chi connectivity index (χ1n) is 10.5. The van der Waals surface area contributed by atoms with E-state index in [9.17, 15) is 31.5 Å². The van der Waals surface area contributed by atoms with Crippen molar-refractivity contribution in [2.45, 2.75) is 46.5 Å². The number of ether oxygens (including phenoxy) is 4. The van der Waals surface area contributed by atoms with Crippen LogP contribution in [0.2, 0.25) is 0 Å². The second-order valence-electron chi connectivity index (χ2n) is 8.26. The van der Waals surface area contributed by atoms with Crippen LogP contribution in [-0.4, -0.2) is 37.4 Å². The molecule has 2 aromatic carbocycles. The predicted octanol–water partition coefficient (Wildman–Crippen LogP) is 4.87. The van der Waals surface area contributed by atoms with Crippen LogP contribution >= 0.6 is 0 Å². The Morgan fingerprint density at radius 1 is 0.829 bits per heavy atom. The summed E-state index contributed by atoms with van der Waals surface area (Å²) >= 11 is 0. The van der Waals surface area contributed by atoms with Crippen molar-refractivity contribution in [3.8, 4) is 5.75 Å². The number of esters is 2. The molecule has 0 aliphatic carbocycles. The summed E-state index contributed by atoms with van der Waals surface area (Å²) in [6, 6.07) is 8.96. The van der Waals surface area contributed by atoms with E-state index in [-0.39, 0.29) is 6.61 Å². The minimum absolute atomic E-state index is 0.104. The van der Waals surface area contributed by atoms with Gasteiger partial charge in [-0.15, -0.1) is 0 Å². The maximum absolute atomic E-state index is 14.0. The van der Waals surface area contributed by atoms with Gasteiger partial charge in [-0.2, -0.15) is 8.78 Å². The largest absolute Gasteiger partial charge is 0.462 e. The molecule has 0 amide bonds. The van der Waals surface area contributed by atoms with Crippen LogP contribution in [0, 0.1) is 34.5 Å². The maximum atomic E-state index is 14.0. The van der Waals surface area contributed by atoms with E-state index in [0.717, 1.165) is 5.56 Å². The van der Waals surface area contributed by atoms with Gasteiger partial charge >= 0.3 is 11.9 Å². The number of carbonyl (C=O) groups excluding carboxylic acids is 2. The summed E-state index contributed by atoms with van der Waals surface area (Å²) in [4.78, 5) is 25.1. The normalized spacial score (nSPS) is 13.9. The highest BCUT2D eigenvalue weighted by molar-refractivity contribution is 5.80. The van der Waals surface area contributed by atoms with Crippen molar-refractivity contribution >= 4 is 11.9 Å². The van der Waals surface area contributed by atoms with Crippen LogP contribution in [0.4, 0.5) is 22.0 Å². The molecule has 2 atom stereocenters. The van der Waals surface area contributed by atoms with Crippen LogP contribution in [0.15, 0.2) is 30.3 Å². The molecule has 0 radical (unpaired) electrons. The van der Waals surface area contributed by atoms with Gasteiger partial charge in [0.2, 0.25) is 34.8 Å². The van der Waals surface area contributed by atoms with Gasteiger partial charge in [-0.25, -0.2) is 18.0 Å². The van der Waals surface area contributed by atoms with Crippen molar-refractivity contribution < 1.29 is 50.5 Å². The molecule has 0 aliphatic rings. The lowest BCUT2D eigenvalue weighted by Gasteiger charge is -2.28. The zero-order chi connectivity index (χ0) is 26.3. The second kappa shape index (κ2) is 12.1. The highest BCUT2D eigenvalue weighted by atomic mass is 19.2. The van der Waals surface area contributed by atoms with Crippen molar-refractivity contribution in [1.29, 1.82) is 0 Å². The monoisotopic (exact) mass is 504 g/mol. The Morgan fingerprint density at radius 2 is 1.37 bits per heavy atom. The van der Waals surface area contributed by atoms with Gasteiger partial charge in [0.25, 0.3) is 0 Å². The fraction of sp³-hybridized carbons (Fsp3) is 0.417. The van der Waals surface area contributed by atoms with Crippen molar-refractivity contribution in [1.82, 2.24) is 0 Å². The molecule has 192 valence electrons. The highest BCUT2D eigenvalue weighted by Gasteiger charge is 2.40. The van der Waals surface area contributed by atoms with Crippen molar-refractivity contribution in [3.63, 3.8) is 0 Å². The number of hydrogen-bond donors (Lipinski definition) is 0. The van der Waals surface area contributed by atoms with Gasteiger partial charge < -0.3 is 18.9 Å². The molecule has 2 unspecified atom stereocenters. The van der Waals surface area contributed by atoms with E-state index in [0.29, 0.717) is 0 Å². The highest BCUT2D eigenvalue weighted by Crippen LogP contribution is 2.31. The fourth-order valence-corrected chi connectivity index (χ4v) is 2.61. The Balaban J connectivity index is 2.14. The predicted molar refractivity (Wildman–Crippen MR) is 113 cm³/mol. The summed E-state index contributed by atoms with van der Waals surface area (Å²) in [6.07, 6.45) is -1.46. The summed E-state index contributed by atoms with van der Waals surface area (Å²) in [5.74, 6) is -15.7. The topological polar surface area (TPSA) is 71.1 Å². The Bertz CT molecular complexity index is 1020. The molecule has 0 fully saturated rings. The first-order valence-corrected chi connectivity index (χ1v) is 10.5. The molecule has 0 spiro atoms. The third-order valence-corrected chi connectivity index (χ3v) is 4.80. The average Bonchev–Trinajstić information content (AvgIpc) is 2.85. The lowest BCUT2D eigenvalue weighted by atomic mass is 9.93. The molecule has 6 nitrogen and oxygen atoms in total. The van der Waals surface area contributed by atoms with Crippen molar-refractivity contribution in [2.24, 2.45) is 5.41 Å². The summed E-state index contributed by atoms with van der Waals surface area (Å²) in [5, 5.41) is 0. The first-order chi connectivity index (χ1) is 16.4. The molecule has 0 bridgehead atoms. The molecule has 0 aliphatic heterocycles. The van der Waals surface area contributed by atoms with Crippen LogP contribution < -0.4 is 4.74 Å². The average molecular weight is 504 g/mol. The van der Waals surface area contributed by atoms with E-state index in [1.54, 1.807) is 38.1 Å². The van der Waals surface area contributed by atoms with Crippen LogP contribution in [0.3, 0.4) is 0 Å². The number of carbonyl (C=O) groups is 2. The number of rotatable bonds is 11. The maximum Gasteiger partial charge on any atom is 0.335 e. The van der Waals surface area contributed by atoms with Gasteiger partial charge in [0.1, 0.15) is 12.0 Å². The lowest BCUT2D eigenvalue weighted by molar-refractivity contribution is -0.168. The molecule has 0 saturated heterocycles. The summed E-state index contributed by atoms with van der Waals surface area (Å²) in [7, 11) is 0. The van der Waals surface area contributed by atoms with Crippen LogP contribution in [0.5, 0.6) is 5.75 Å². The molecule has 0 N–H and O–H groups in total.